The number of hydrogen-bond donors (Lipinski definition) is 1. The van der Waals surface area contributed by atoms with Crippen molar-refractivity contribution in [2.45, 2.75) is 38.6 Å². The third-order valence-corrected chi connectivity index (χ3v) is 4.26. The molecule has 0 aliphatic carbocycles. The molecule has 1 atom stereocenters. The molecular formula is C19H22FNO. The van der Waals surface area contributed by atoms with Gasteiger partial charge >= 0.3 is 0 Å². The van der Waals surface area contributed by atoms with Crippen LogP contribution in [0, 0.1) is 5.82 Å². The van der Waals surface area contributed by atoms with Crippen LogP contribution < -0.4 is 5.32 Å². The van der Waals surface area contributed by atoms with Crippen LogP contribution in [-0.2, 0) is 16.6 Å². The molecule has 1 amide bonds. The quantitative estimate of drug-likeness (QED) is 0.892. The summed E-state index contributed by atoms with van der Waals surface area (Å²) in [4.78, 5) is 12.2. The fraction of sp³-hybridized carbons (Fsp3) is 0.316. The highest BCUT2D eigenvalue weighted by molar-refractivity contribution is 5.79. The van der Waals surface area contributed by atoms with Crippen molar-refractivity contribution in [2.24, 2.45) is 0 Å². The van der Waals surface area contributed by atoms with Gasteiger partial charge < -0.3 is 5.32 Å². The van der Waals surface area contributed by atoms with Gasteiger partial charge in [-0.3, -0.25) is 4.79 Å². The predicted octanol–water partition coefficient (Wildman–Crippen LogP) is 3.85. The summed E-state index contributed by atoms with van der Waals surface area (Å²) in [5, 5.41) is 3.05. The maximum Gasteiger partial charge on any atom is 0.224 e. The first-order valence-corrected chi connectivity index (χ1v) is 7.49. The Morgan fingerprint density at radius 1 is 1.09 bits per heavy atom. The van der Waals surface area contributed by atoms with Crippen LogP contribution in [0.25, 0.3) is 0 Å². The molecule has 0 bridgehead atoms. The van der Waals surface area contributed by atoms with Crippen LogP contribution in [0.15, 0.2) is 54.6 Å². The Morgan fingerprint density at radius 2 is 1.68 bits per heavy atom. The molecule has 0 heterocycles. The van der Waals surface area contributed by atoms with Gasteiger partial charge in [-0.2, -0.15) is 0 Å². The maximum atomic E-state index is 12.9. The second kappa shape index (κ2) is 6.73. The molecule has 0 aliphatic rings. The lowest BCUT2D eigenvalue weighted by Crippen LogP contribution is -2.45. The summed E-state index contributed by atoms with van der Waals surface area (Å²) in [7, 11) is 0. The molecule has 0 spiro atoms. The summed E-state index contributed by atoms with van der Waals surface area (Å²) in [5.74, 6) is -0.342. The van der Waals surface area contributed by atoms with Crippen LogP contribution in [-0.4, -0.2) is 11.9 Å². The number of benzene rings is 2. The van der Waals surface area contributed by atoms with Crippen molar-refractivity contribution in [3.05, 3.63) is 71.5 Å². The van der Waals surface area contributed by atoms with Crippen molar-refractivity contribution in [1.82, 2.24) is 5.32 Å². The number of carbonyl (C=O) groups is 1. The highest BCUT2D eigenvalue weighted by Gasteiger charge is 2.28. The average Bonchev–Trinajstić information content (AvgIpc) is 2.50. The summed E-state index contributed by atoms with van der Waals surface area (Å²) in [6, 6.07) is 16.2. The first kappa shape index (κ1) is 16.2. The lowest BCUT2D eigenvalue weighted by atomic mass is 9.78. The normalized spacial score (nSPS) is 12.7. The van der Waals surface area contributed by atoms with Gasteiger partial charge in [0.1, 0.15) is 5.82 Å². The molecule has 0 saturated heterocycles. The van der Waals surface area contributed by atoms with Crippen LogP contribution in [0.3, 0.4) is 0 Å². The minimum absolute atomic E-state index is 0.0113. The van der Waals surface area contributed by atoms with Crippen LogP contribution in [0.2, 0.25) is 0 Å². The van der Waals surface area contributed by atoms with Crippen molar-refractivity contribution in [3.8, 4) is 0 Å². The van der Waals surface area contributed by atoms with E-state index in [9.17, 15) is 9.18 Å². The van der Waals surface area contributed by atoms with Crippen molar-refractivity contribution in [3.63, 3.8) is 0 Å². The molecule has 2 aromatic carbocycles. The Balaban J connectivity index is 2.00. The van der Waals surface area contributed by atoms with Gasteiger partial charge in [0.15, 0.2) is 0 Å². The topological polar surface area (TPSA) is 29.1 Å². The van der Waals surface area contributed by atoms with Crippen LogP contribution in [0.1, 0.15) is 31.9 Å². The molecule has 2 nitrogen and oxygen atoms in total. The van der Waals surface area contributed by atoms with Crippen molar-refractivity contribution in [1.29, 1.82) is 0 Å². The highest BCUT2D eigenvalue weighted by atomic mass is 19.1. The molecule has 3 heteroatoms. The van der Waals surface area contributed by atoms with E-state index in [1.54, 1.807) is 12.1 Å². The zero-order valence-electron chi connectivity index (χ0n) is 13.3. The fourth-order valence-corrected chi connectivity index (χ4v) is 2.38. The summed E-state index contributed by atoms with van der Waals surface area (Å²) in [5.41, 5.74) is 1.83. The van der Waals surface area contributed by atoms with Gasteiger partial charge in [-0.25, -0.2) is 4.39 Å². The number of rotatable bonds is 5. The largest absolute Gasteiger partial charge is 0.352 e. The van der Waals surface area contributed by atoms with E-state index in [2.05, 4.69) is 31.3 Å². The van der Waals surface area contributed by atoms with Crippen molar-refractivity contribution < 1.29 is 9.18 Å². The number of carbonyl (C=O) groups excluding carboxylic acids is 1. The van der Waals surface area contributed by atoms with Gasteiger partial charge in [0.05, 0.1) is 6.42 Å². The minimum Gasteiger partial charge on any atom is -0.352 e. The monoisotopic (exact) mass is 299 g/mol. The smallest absolute Gasteiger partial charge is 0.224 e. The first-order chi connectivity index (χ1) is 10.4. The molecule has 116 valence electrons. The molecule has 2 aromatic rings. The molecule has 0 saturated carbocycles. The Morgan fingerprint density at radius 3 is 2.27 bits per heavy atom. The third-order valence-electron chi connectivity index (χ3n) is 4.26. The van der Waals surface area contributed by atoms with E-state index in [1.807, 2.05) is 25.1 Å². The van der Waals surface area contributed by atoms with Gasteiger partial charge in [-0.1, -0.05) is 56.3 Å². The molecule has 1 unspecified atom stereocenters. The summed E-state index contributed by atoms with van der Waals surface area (Å²) in [6.07, 6.45) is 0.259. The van der Waals surface area contributed by atoms with Gasteiger partial charge in [0.25, 0.3) is 0 Å². The Hall–Kier alpha value is -2.16. The van der Waals surface area contributed by atoms with E-state index in [1.165, 1.54) is 17.7 Å². The summed E-state index contributed by atoms with van der Waals surface area (Å²) in [6.45, 7) is 6.24. The number of halogens is 1. The van der Waals surface area contributed by atoms with Crippen molar-refractivity contribution in [2.75, 3.05) is 0 Å². The van der Waals surface area contributed by atoms with E-state index in [-0.39, 0.29) is 29.6 Å². The Kier molecular flexibility index (Phi) is 4.96. The second-order valence-electron chi connectivity index (χ2n) is 6.18. The number of hydrogen-bond acceptors (Lipinski definition) is 1. The second-order valence-corrected chi connectivity index (χ2v) is 6.18. The van der Waals surface area contributed by atoms with Crippen LogP contribution in [0.5, 0.6) is 0 Å². The SMILES string of the molecule is CC(NC(=O)Cc1ccc(F)cc1)C(C)(C)c1ccccc1. The third kappa shape index (κ3) is 3.94. The highest BCUT2D eigenvalue weighted by Crippen LogP contribution is 2.26. The molecule has 0 radical (unpaired) electrons. The molecule has 22 heavy (non-hydrogen) atoms. The zero-order chi connectivity index (χ0) is 16.2. The Bertz CT molecular complexity index is 620. The summed E-state index contributed by atoms with van der Waals surface area (Å²) >= 11 is 0. The van der Waals surface area contributed by atoms with E-state index in [4.69, 9.17) is 0 Å². The lowest BCUT2D eigenvalue weighted by molar-refractivity contribution is -0.121. The molecule has 0 aromatic heterocycles. The molecular weight excluding hydrogens is 277 g/mol. The van der Waals surface area contributed by atoms with E-state index >= 15 is 0 Å². The first-order valence-electron chi connectivity index (χ1n) is 7.49. The standard InChI is InChI=1S/C19H22FNO/c1-14(19(2,3)16-7-5-4-6-8-16)21-18(22)13-15-9-11-17(20)12-10-15/h4-12,14H,13H2,1-3H3,(H,21,22). The molecule has 0 aliphatic heterocycles. The Labute approximate surface area is 131 Å². The van der Waals surface area contributed by atoms with Gasteiger partial charge in [-0.15, -0.1) is 0 Å². The number of nitrogens with one attached hydrogen (secondary N) is 1. The minimum atomic E-state index is -0.289. The molecule has 2 rings (SSSR count). The van der Waals surface area contributed by atoms with Crippen molar-refractivity contribution >= 4 is 5.91 Å². The van der Waals surface area contributed by atoms with E-state index < -0.39 is 0 Å². The fourth-order valence-electron chi connectivity index (χ4n) is 2.38. The van der Waals surface area contributed by atoms with Crippen LogP contribution >= 0.6 is 0 Å². The van der Waals surface area contributed by atoms with E-state index in [0.29, 0.717) is 0 Å². The van der Waals surface area contributed by atoms with E-state index in [0.717, 1.165) is 5.56 Å². The number of amides is 1. The van der Waals surface area contributed by atoms with Gasteiger partial charge in [0, 0.05) is 11.5 Å². The van der Waals surface area contributed by atoms with Gasteiger partial charge in [-0.05, 0) is 30.2 Å². The average molecular weight is 299 g/mol. The predicted molar refractivity (Wildman–Crippen MR) is 87.2 cm³/mol. The zero-order valence-corrected chi connectivity index (χ0v) is 13.3. The molecule has 1 N–H and O–H groups in total. The van der Waals surface area contributed by atoms with Crippen LogP contribution in [0.4, 0.5) is 4.39 Å². The molecule has 0 fully saturated rings. The maximum absolute atomic E-state index is 12.9. The lowest BCUT2D eigenvalue weighted by Gasteiger charge is -2.33. The summed E-state index contributed by atoms with van der Waals surface area (Å²) < 4.78 is 12.9. The van der Waals surface area contributed by atoms with Gasteiger partial charge in [0.2, 0.25) is 5.91 Å².